The number of carbonyl (C=O) groups excluding carboxylic acids is 1. The molecule has 1 aliphatic rings. The standard InChI is InChI=1S/C25H32N6O/c1-19-9-7-12-22(17-19)31-20(2)24(27-28-31)25(32)26-13-8-14-30-16-15-29(3)18-23(30)21-10-5-4-6-11-21/h4-7,9-12,17,23H,8,13-16,18H2,1-3H3,(H,26,32). The van der Waals surface area contributed by atoms with Crippen LogP contribution in [0.2, 0.25) is 0 Å². The fraction of sp³-hybridized carbons (Fsp3) is 0.400. The van der Waals surface area contributed by atoms with Gasteiger partial charge in [0.15, 0.2) is 5.69 Å². The molecule has 0 spiro atoms. The Hall–Kier alpha value is -3.03. The maximum Gasteiger partial charge on any atom is 0.273 e. The Morgan fingerprint density at radius 2 is 1.91 bits per heavy atom. The van der Waals surface area contributed by atoms with Gasteiger partial charge >= 0.3 is 0 Å². The number of nitrogens with one attached hydrogen (secondary N) is 1. The lowest BCUT2D eigenvalue weighted by molar-refractivity contribution is 0.0864. The van der Waals surface area contributed by atoms with Gasteiger partial charge in [0.25, 0.3) is 5.91 Å². The Kier molecular flexibility index (Phi) is 6.97. The Labute approximate surface area is 190 Å². The lowest BCUT2D eigenvalue weighted by Gasteiger charge is -2.40. The number of likely N-dealkylation sites (N-methyl/N-ethyl adjacent to an activating group) is 1. The first-order valence-corrected chi connectivity index (χ1v) is 11.3. The Morgan fingerprint density at radius 1 is 1.09 bits per heavy atom. The molecule has 1 N–H and O–H groups in total. The van der Waals surface area contributed by atoms with Crippen molar-refractivity contribution >= 4 is 5.91 Å². The van der Waals surface area contributed by atoms with Gasteiger partial charge in [-0.3, -0.25) is 9.69 Å². The molecule has 1 aromatic heterocycles. The van der Waals surface area contributed by atoms with Crippen molar-refractivity contribution in [2.75, 3.05) is 39.8 Å². The van der Waals surface area contributed by atoms with E-state index < -0.39 is 0 Å². The van der Waals surface area contributed by atoms with Crippen LogP contribution >= 0.6 is 0 Å². The van der Waals surface area contributed by atoms with Crippen LogP contribution in [0, 0.1) is 13.8 Å². The topological polar surface area (TPSA) is 66.3 Å². The van der Waals surface area contributed by atoms with E-state index in [1.54, 1.807) is 4.68 Å². The fourth-order valence-electron chi connectivity index (χ4n) is 4.33. The first-order valence-electron chi connectivity index (χ1n) is 11.3. The second-order valence-corrected chi connectivity index (χ2v) is 8.61. The average molecular weight is 433 g/mol. The summed E-state index contributed by atoms with van der Waals surface area (Å²) in [5.74, 6) is -0.167. The quantitative estimate of drug-likeness (QED) is 0.582. The van der Waals surface area contributed by atoms with Crippen LogP contribution in [-0.4, -0.2) is 70.5 Å². The summed E-state index contributed by atoms with van der Waals surface area (Å²) in [6.07, 6.45) is 0.893. The number of hydrogen-bond donors (Lipinski definition) is 1. The highest BCUT2D eigenvalue weighted by atomic mass is 16.2. The van der Waals surface area contributed by atoms with Crippen LogP contribution < -0.4 is 5.32 Å². The van der Waals surface area contributed by atoms with E-state index in [-0.39, 0.29) is 5.91 Å². The van der Waals surface area contributed by atoms with Gasteiger partial charge in [0, 0.05) is 38.8 Å². The third kappa shape index (κ3) is 5.06. The molecule has 0 radical (unpaired) electrons. The molecular weight excluding hydrogens is 400 g/mol. The summed E-state index contributed by atoms with van der Waals surface area (Å²) >= 11 is 0. The zero-order chi connectivity index (χ0) is 22.5. The number of carbonyl (C=O) groups is 1. The number of piperazine rings is 1. The van der Waals surface area contributed by atoms with Gasteiger partial charge in [-0.2, -0.15) is 0 Å². The van der Waals surface area contributed by atoms with Crippen molar-refractivity contribution in [2.24, 2.45) is 0 Å². The van der Waals surface area contributed by atoms with Crippen molar-refractivity contribution in [2.45, 2.75) is 26.3 Å². The predicted molar refractivity (Wildman–Crippen MR) is 126 cm³/mol. The summed E-state index contributed by atoms with van der Waals surface area (Å²) < 4.78 is 1.72. The maximum absolute atomic E-state index is 12.7. The minimum absolute atomic E-state index is 0.167. The molecule has 0 bridgehead atoms. The lowest BCUT2D eigenvalue weighted by atomic mass is 10.0. The molecule has 0 saturated carbocycles. The Morgan fingerprint density at radius 3 is 2.69 bits per heavy atom. The number of aromatic nitrogens is 3. The number of aryl methyl sites for hydroxylation is 1. The highest BCUT2D eigenvalue weighted by molar-refractivity contribution is 5.93. The van der Waals surface area contributed by atoms with Crippen molar-refractivity contribution in [3.05, 3.63) is 77.1 Å². The smallest absolute Gasteiger partial charge is 0.273 e. The first-order chi connectivity index (χ1) is 15.5. The lowest BCUT2D eigenvalue weighted by Crippen LogP contribution is -2.47. The van der Waals surface area contributed by atoms with Gasteiger partial charge < -0.3 is 10.2 Å². The van der Waals surface area contributed by atoms with Gasteiger partial charge in [-0.15, -0.1) is 5.10 Å². The van der Waals surface area contributed by atoms with Crippen LogP contribution in [0.3, 0.4) is 0 Å². The van der Waals surface area contributed by atoms with E-state index in [0.717, 1.165) is 49.5 Å². The minimum atomic E-state index is -0.167. The van der Waals surface area contributed by atoms with E-state index in [9.17, 15) is 4.79 Å². The Balaban J connectivity index is 1.32. The summed E-state index contributed by atoms with van der Waals surface area (Å²) in [6, 6.07) is 19.1. The molecule has 4 rings (SSSR count). The normalized spacial score (nSPS) is 17.4. The van der Waals surface area contributed by atoms with E-state index in [0.29, 0.717) is 18.3 Å². The number of amides is 1. The van der Waals surface area contributed by atoms with Gasteiger partial charge in [-0.05, 0) is 50.6 Å². The van der Waals surface area contributed by atoms with Crippen molar-refractivity contribution in [3.63, 3.8) is 0 Å². The summed E-state index contributed by atoms with van der Waals surface area (Å²) in [5, 5.41) is 11.4. The molecule has 1 fully saturated rings. The predicted octanol–water partition coefficient (Wildman–Crippen LogP) is 2.99. The molecule has 7 nitrogen and oxygen atoms in total. The molecule has 32 heavy (non-hydrogen) atoms. The zero-order valence-corrected chi connectivity index (χ0v) is 19.2. The molecule has 1 amide bonds. The zero-order valence-electron chi connectivity index (χ0n) is 19.2. The third-order valence-electron chi connectivity index (χ3n) is 6.14. The SMILES string of the molecule is Cc1cccc(-n2nnc(C(=O)NCCCN3CCN(C)CC3c3ccccc3)c2C)c1. The molecule has 1 unspecified atom stereocenters. The molecule has 0 aliphatic carbocycles. The van der Waals surface area contributed by atoms with E-state index in [1.165, 1.54) is 5.56 Å². The number of rotatable bonds is 7. The van der Waals surface area contributed by atoms with Crippen LogP contribution in [0.1, 0.15) is 39.8 Å². The summed E-state index contributed by atoms with van der Waals surface area (Å²) in [4.78, 5) is 17.6. The van der Waals surface area contributed by atoms with E-state index in [4.69, 9.17) is 0 Å². The summed E-state index contributed by atoms with van der Waals surface area (Å²) in [6.45, 7) is 8.60. The van der Waals surface area contributed by atoms with Gasteiger partial charge in [-0.25, -0.2) is 4.68 Å². The number of nitrogens with zero attached hydrogens (tertiary/aromatic N) is 5. The van der Waals surface area contributed by atoms with Crippen LogP contribution in [0.15, 0.2) is 54.6 Å². The fourth-order valence-corrected chi connectivity index (χ4v) is 4.33. The van der Waals surface area contributed by atoms with Crippen molar-refractivity contribution < 1.29 is 4.79 Å². The second kappa shape index (κ2) is 10.1. The molecule has 1 saturated heterocycles. The largest absolute Gasteiger partial charge is 0.351 e. The molecule has 1 aliphatic heterocycles. The minimum Gasteiger partial charge on any atom is -0.351 e. The molecule has 3 aromatic rings. The average Bonchev–Trinajstić information content (AvgIpc) is 3.19. The number of benzene rings is 2. The highest BCUT2D eigenvalue weighted by Crippen LogP contribution is 2.24. The maximum atomic E-state index is 12.7. The van der Waals surface area contributed by atoms with E-state index in [2.05, 4.69) is 62.8 Å². The molecular formula is C25H32N6O. The van der Waals surface area contributed by atoms with Gasteiger partial charge in [0.05, 0.1) is 11.4 Å². The van der Waals surface area contributed by atoms with E-state index >= 15 is 0 Å². The van der Waals surface area contributed by atoms with Crippen molar-refractivity contribution in [1.82, 2.24) is 30.1 Å². The third-order valence-corrected chi connectivity index (χ3v) is 6.14. The number of hydrogen-bond acceptors (Lipinski definition) is 5. The molecule has 1 atom stereocenters. The summed E-state index contributed by atoms with van der Waals surface area (Å²) in [7, 11) is 2.18. The summed E-state index contributed by atoms with van der Waals surface area (Å²) in [5.41, 5.74) is 4.54. The Bertz CT molecular complexity index is 1050. The monoisotopic (exact) mass is 432 g/mol. The molecule has 7 heteroatoms. The molecule has 2 aromatic carbocycles. The van der Waals surface area contributed by atoms with Crippen LogP contribution in [-0.2, 0) is 0 Å². The highest BCUT2D eigenvalue weighted by Gasteiger charge is 2.26. The van der Waals surface area contributed by atoms with Crippen molar-refractivity contribution in [3.8, 4) is 5.69 Å². The van der Waals surface area contributed by atoms with Crippen LogP contribution in [0.5, 0.6) is 0 Å². The van der Waals surface area contributed by atoms with Crippen LogP contribution in [0.25, 0.3) is 5.69 Å². The first kappa shape index (κ1) is 22.2. The van der Waals surface area contributed by atoms with Gasteiger partial charge in [0.2, 0.25) is 0 Å². The van der Waals surface area contributed by atoms with Gasteiger partial charge in [-0.1, -0.05) is 47.7 Å². The molecule has 168 valence electrons. The molecule has 2 heterocycles. The van der Waals surface area contributed by atoms with Crippen molar-refractivity contribution in [1.29, 1.82) is 0 Å². The van der Waals surface area contributed by atoms with Gasteiger partial charge in [0.1, 0.15) is 0 Å². The second-order valence-electron chi connectivity index (χ2n) is 8.61. The van der Waals surface area contributed by atoms with Crippen LogP contribution in [0.4, 0.5) is 0 Å². The van der Waals surface area contributed by atoms with E-state index in [1.807, 2.05) is 38.1 Å².